The molecule has 0 aliphatic rings. The first kappa shape index (κ1) is 16.5. The van der Waals surface area contributed by atoms with E-state index in [4.69, 9.17) is 4.74 Å². The third-order valence-corrected chi connectivity index (χ3v) is 5.02. The summed E-state index contributed by atoms with van der Waals surface area (Å²) in [6.45, 7) is 2.10. The summed E-state index contributed by atoms with van der Waals surface area (Å²) < 4.78 is 7.56. The second kappa shape index (κ2) is 7.43. The summed E-state index contributed by atoms with van der Waals surface area (Å²) in [6.07, 6.45) is 0.885. The number of hydrogen-bond acceptors (Lipinski definition) is 2. The van der Waals surface area contributed by atoms with E-state index in [1.54, 1.807) is 7.11 Å². The Morgan fingerprint density at radius 1 is 1.10 bits per heavy atom. The fourth-order valence-corrected chi connectivity index (χ4v) is 3.51. The van der Waals surface area contributed by atoms with Crippen molar-refractivity contribution in [1.82, 2.24) is 5.32 Å². The summed E-state index contributed by atoms with van der Waals surface area (Å²) in [5.74, 6) is 0.881. The van der Waals surface area contributed by atoms with Crippen LogP contribution in [-0.2, 0) is 6.42 Å². The summed E-state index contributed by atoms with van der Waals surface area (Å²) in [4.78, 5) is 0. The third-order valence-electron chi connectivity index (χ3n) is 3.56. The van der Waals surface area contributed by atoms with Crippen LogP contribution < -0.4 is 10.1 Å². The van der Waals surface area contributed by atoms with Crippen LogP contribution in [-0.4, -0.2) is 14.2 Å². The second-order valence-electron chi connectivity index (χ2n) is 5.03. The lowest BCUT2D eigenvalue weighted by molar-refractivity contribution is 0.414. The van der Waals surface area contributed by atoms with Crippen molar-refractivity contribution in [2.24, 2.45) is 0 Å². The van der Waals surface area contributed by atoms with Crippen molar-refractivity contribution < 1.29 is 4.74 Å². The van der Waals surface area contributed by atoms with Gasteiger partial charge >= 0.3 is 0 Å². The molecular formula is C17H19Br2NO. The van der Waals surface area contributed by atoms with Gasteiger partial charge in [-0.15, -0.1) is 0 Å². The minimum atomic E-state index is 0.239. The molecule has 1 N–H and O–H groups in total. The van der Waals surface area contributed by atoms with Crippen molar-refractivity contribution in [3.05, 3.63) is 62.0 Å². The van der Waals surface area contributed by atoms with Gasteiger partial charge in [0.25, 0.3) is 0 Å². The molecule has 2 nitrogen and oxygen atoms in total. The van der Waals surface area contributed by atoms with E-state index in [0.29, 0.717) is 0 Å². The molecule has 21 heavy (non-hydrogen) atoms. The van der Waals surface area contributed by atoms with Crippen molar-refractivity contribution >= 4 is 31.9 Å². The number of ether oxygens (including phenoxy) is 1. The zero-order chi connectivity index (χ0) is 15.4. The minimum Gasteiger partial charge on any atom is -0.497 e. The Bertz CT molecular complexity index is 628. The van der Waals surface area contributed by atoms with Crippen LogP contribution in [0.25, 0.3) is 0 Å². The van der Waals surface area contributed by atoms with Gasteiger partial charge in [-0.3, -0.25) is 0 Å². The molecule has 2 aromatic rings. The van der Waals surface area contributed by atoms with Crippen LogP contribution in [0.3, 0.4) is 0 Å². The van der Waals surface area contributed by atoms with Crippen LogP contribution in [0.4, 0.5) is 0 Å². The molecule has 0 saturated carbocycles. The van der Waals surface area contributed by atoms with Gasteiger partial charge in [0.15, 0.2) is 0 Å². The molecule has 1 unspecified atom stereocenters. The number of nitrogens with one attached hydrogen (secondary N) is 1. The first-order valence-electron chi connectivity index (χ1n) is 6.81. The van der Waals surface area contributed by atoms with Gasteiger partial charge in [-0.1, -0.05) is 44.0 Å². The lowest BCUT2D eigenvalue weighted by Gasteiger charge is -2.20. The fourth-order valence-electron chi connectivity index (χ4n) is 2.34. The lowest BCUT2D eigenvalue weighted by Crippen LogP contribution is -2.19. The van der Waals surface area contributed by atoms with E-state index in [2.05, 4.69) is 68.4 Å². The quantitative estimate of drug-likeness (QED) is 0.743. The van der Waals surface area contributed by atoms with Crippen molar-refractivity contribution in [3.8, 4) is 5.75 Å². The molecule has 0 aliphatic carbocycles. The maximum atomic E-state index is 5.32. The molecule has 0 amide bonds. The molecule has 0 aliphatic heterocycles. The highest BCUT2D eigenvalue weighted by atomic mass is 79.9. The molecule has 0 heterocycles. The van der Waals surface area contributed by atoms with E-state index in [-0.39, 0.29) is 6.04 Å². The second-order valence-corrected chi connectivity index (χ2v) is 6.74. The zero-order valence-electron chi connectivity index (χ0n) is 12.4. The normalized spacial score (nSPS) is 12.2. The molecule has 0 radical (unpaired) electrons. The predicted octanol–water partition coefficient (Wildman–Crippen LogP) is 5.03. The molecule has 4 heteroatoms. The van der Waals surface area contributed by atoms with E-state index >= 15 is 0 Å². The van der Waals surface area contributed by atoms with E-state index in [1.807, 2.05) is 19.2 Å². The standard InChI is InChI=1S/C17H19Br2NO/c1-11-4-6-14(16(19)8-11)17(20-2)10-12-9-13(21-3)5-7-15(12)18/h4-9,17,20H,10H2,1-3H3. The maximum absolute atomic E-state index is 5.32. The number of benzene rings is 2. The van der Waals surface area contributed by atoms with Crippen LogP contribution in [0.2, 0.25) is 0 Å². The van der Waals surface area contributed by atoms with Gasteiger partial charge in [-0.25, -0.2) is 0 Å². The van der Waals surface area contributed by atoms with E-state index in [1.165, 1.54) is 16.7 Å². The van der Waals surface area contributed by atoms with Crippen molar-refractivity contribution in [2.45, 2.75) is 19.4 Å². The fraction of sp³-hybridized carbons (Fsp3) is 0.294. The van der Waals surface area contributed by atoms with Crippen LogP contribution in [0.5, 0.6) is 5.75 Å². The smallest absolute Gasteiger partial charge is 0.119 e. The monoisotopic (exact) mass is 411 g/mol. The highest BCUT2D eigenvalue weighted by Gasteiger charge is 2.15. The molecule has 1 atom stereocenters. The Labute approximate surface area is 143 Å². The van der Waals surface area contributed by atoms with Gasteiger partial charge in [-0.05, 0) is 61.3 Å². The first-order valence-corrected chi connectivity index (χ1v) is 8.39. The molecule has 112 valence electrons. The van der Waals surface area contributed by atoms with Crippen molar-refractivity contribution in [1.29, 1.82) is 0 Å². The van der Waals surface area contributed by atoms with Gasteiger partial charge in [0.05, 0.1) is 7.11 Å². The number of rotatable bonds is 5. The first-order chi connectivity index (χ1) is 10.0. The minimum absolute atomic E-state index is 0.239. The molecule has 2 rings (SSSR count). The van der Waals surface area contributed by atoms with Gasteiger partial charge in [-0.2, -0.15) is 0 Å². The molecular weight excluding hydrogens is 394 g/mol. The summed E-state index contributed by atoms with van der Waals surface area (Å²) in [7, 11) is 3.68. The average molecular weight is 413 g/mol. The maximum Gasteiger partial charge on any atom is 0.119 e. The van der Waals surface area contributed by atoms with Gasteiger partial charge < -0.3 is 10.1 Å². The van der Waals surface area contributed by atoms with Crippen LogP contribution >= 0.6 is 31.9 Å². The van der Waals surface area contributed by atoms with E-state index in [9.17, 15) is 0 Å². The largest absolute Gasteiger partial charge is 0.497 e. The Balaban J connectivity index is 2.30. The molecule has 0 bridgehead atoms. The molecule has 2 aromatic carbocycles. The van der Waals surface area contributed by atoms with Crippen LogP contribution in [0, 0.1) is 6.92 Å². The number of likely N-dealkylation sites (N-methyl/N-ethyl adjacent to an activating group) is 1. The van der Waals surface area contributed by atoms with Crippen molar-refractivity contribution in [2.75, 3.05) is 14.2 Å². The molecule has 0 aromatic heterocycles. The Kier molecular flexibility index (Phi) is 5.85. The number of aryl methyl sites for hydroxylation is 1. The highest BCUT2D eigenvalue weighted by Crippen LogP contribution is 2.30. The van der Waals surface area contributed by atoms with Crippen LogP contribution in [0.1, 0.15) is 22.7 Å². The lowest BCUT2D eigenvalue weighted by atomic mass is 9.98. The predicted molar refractivity (Wildman–Crippen MR) is 95.1 cm³/mol. The SMILES string of the molecule is CNC(Cc1cc(OC)ccc1Br)c1ccc(C)cc1Br. The number of methoxy groups -OCH3 is 1. The Hall–Kier alpha value is -0.840. The number of halogens is 2. The van der Waals surface area contributed by atoms with E-state index < -0.39 is 0 Å². The van der Waals surface area contributed by atoms with Gasteiger partial charge in [0, 0.05) is 15.0 Å². The van der Waals surface area contributed by atoms with Crippen LogP contribution in [0.15, 0.2) is 45.3 Å². The molecule has 0 saturated heterocycles. The average Bonchev–Trinajstić information content (AvgIpc) is 2.47. The zero-order valence-corrected chi connectivity index (χ0v) is 15.6. The summed E-state index contributed by atoms with van der Waals surface area (Å²) in [5, 5.41) is 3.40. The Morgan fingerprint density at radius 3 is 2.48 bits per heavy atom. The summed E-state index contributed by atoms with van der Waals surface area (Å²) in [5.41, 5.74) is 3.74. The van der Waals surface area contributed by atoms with Gasteiger partial charge in [0.1, 0.15) is 5.75 Å². The third kappa shape index (κ3) is 4.09. The summed E-state index contributed by atoms with van der Waals surface area (Å²) in [6, 6.07) is 12.8. The Morgan fingerprint density at radius 2 is 1.86 bits per heavy atom. The molecule has 0 spiro atoms. The number of hydrogen-bond donors (Lipinski definition) is 1. The topological polar surface area (TPSA) is 21.3 Å². The molecule has 0 fully saturated rings. The van der Waals surface area contributed by atoms with Gasteiger partial charge in [0.2, 0.25) is 0 Å². The van der Waals surface area contributed by atoms with E-state index in [0.717, 1.165) is 21.1 Å². The van der Waals surface area contributed by atoms with Crippen molar-refractivity contribution in [3.63, 3.8) is 0 Å². The highest BCUT2D eigenvalue weighted by molar-refractivity contribution is 9.10. The summed E-state index contributed by atoms with van der Waals surface area (Å²) >= 11 is 7.30.